The third kappa shape index (κ3) is 4.06. The molecule has 1 unspecified atom stereocenters. The highest BCUT2D eigenvalue weighted by Crippen LogP contribution is 2.18. The number of hydrogen-bond acceptors (Lipinski definition) is 4. The maximum absolute atomic E-state index is 10.5. The number of likely N-dealkylation sites (N-methyl/N-ethyl adjacent to an activating group) is 1. The van der Waals surface area contributed by atoms with Crippen LogP contribution in [0.2, 0.25) is 0 Å². The van der Waals surface area contributed by atoms with E-state index in [1.807, 2.05) is 12.1 Å². The smallest absolute Gasteiger partial charge is 0.328 e. The Balaban J connectivity index is 2.00. The zero-order valence-electron chi connectivity index (χ0n) is 11.7. The Morgan fingerprint density at radius 3 is 3.00 bits per heavy atom. The maximum atomic E-state index is 10.5. The zero-order valence-corrected chi connectivity index (χ0v) is 11.7. The Morgan fingerprint density at radius 1 is 1.60 bits per heavy atom. The second-order valence-corrected chi connectivity index (χ2v) is 4.79. The van der Waals surface area contributed by atoms with E-state index in [4.69, 9.17) is 9.84 Å². The molecule has 1 saturated heterocycles. The molecular formula is C15H20N2O3. The van der Waals surface area contributed by atoms with Gasteiger partial charge in [-0.05, 0) is 43.5 Å². The summed E-state index contributed by atoms with van der Waals surface area (Å²) >= 11 is 0. The Labute approximate surface area is 118 Å². The number of aromatic nitrogens is 1. The molecule has 0 bridgehead atoms. The molecule has 1 aromatic rings. The summed E-state index contributed by atoms with van der Waals surface area (Å²) in [4.78, 5) is 17.0. The Hall–Kier alpha value is -1.88. The number of pyridine rings is 1. The third-order valence-electron chi connectivity index (χ3n) is 3.34. The Morgan fingerprint density at radius 2 is 2.45 bits per heavy atom. The standard InChI is InChI=1S/C15H20N2O3/c1-2-17(11-13-4-3-9-20-13)14-7-5-12(10-16-14)6-8-15(18)19/h5-8,10,13H,2-4,9,11H2,1H3,(H,18,19)/b8-6+. The minimum absolute atomic E-state index is 0.295. The molecule has 1 fully saturated rings. The van der Waals surface area contributed by atoms with Gasteiger partial charge in [0.2, 0.25) is 0 Å². The van der Waals surface area contributed by atoms with Crippen LogP contribution in [0.3, 0.4) is 0 Å². The second kappa shape index (κ2) is 7.05. The normalized spacial score (nSPS) is 18.6. The van der Waals surface area contributed by atoms with Gasteiger partial charge in [-0.1, -0.05) is 0 Å². The van der Waals surface area contributed by atoms with Gasteiger partial charge in [0.15, 0.2) is 0 Å². The number of carboxylic acid groups (broad SMARTS) is 1. The maximum Gasteiger partial charge on any atom is 0.328 e. The summed E-state index contributed by atoms with van der Waals surface area (Å²) in [6.07, 6.45) is 6.87. The second-order valence-electron chi connectivity index (χ2n) is 4.79. The summed E-state index contributed by atoms with van der Waals surface area (Å²) < 4.78 is 5.65. The van der Waals surface area contributed by atoms with E-state index in [-0.39, 0.29) is 0 Å². The lowest BCUT2D eigenvalue weighted by Gasteiger charge is -2.24. The van der Waals surface area contributed by atoms with Crippen molar-refractivity contribution < 1.29 is 14.6 Å². The monoisotopic (exact) mass is 276 g/mol. The van der Waals surface area contributed by atoms with E-state index in [0.717, 1.165) is 50.0 Å². The minimum atomic E-state index is -0.956. The largest absolute Gasteiger partial charge is 0.478 e. The minimum Gasteiger partial charge on any atom is -0.478 e. The highest BCUT2D eigenvalue weighted by atomic mass is 16.5. The molecule has 1 atom stereocenters. The van der Waals surface area contributed by atoms with E-state index < -0.39 is 5.97 Å². The van der Waals surface area contributed by atoms with Gasteiger partial charge in [-0.3, -0.25) is 0 Å². The first kappa shape index (κ1) is 14.5. The molecule has 108 valence electrons. The lowest BCUT2D eigenvalue weighted by Crippen LogP contribution is -2.32. The molecule has 2 heterocycles. The average molecular weight is 276 g/mol. The molecule has 5 heteroatoms. The van der Waals surface area contributed by atoms with Gasteiger partial charge < -0.3 is 14.7 Å². The summed E-state index contributed by atoms with van der Waals surface area (Å²) in [6, 6.07) is 3.79. The van der Waals surface area contributed by atoms with E-state index in [0.29, 0.717) is 6.10 Å². The quantitative estimate of drug-likeness (QED) is 0.807. The molecule has 1 aromatic heterocycles. The SMILES string of the molecule is CCN(CC1CCCO1)c1ccc(/C=C/C(=O)O)cn1. The lowest BCUT2D eigenvalue weighted by molar-refractivity contribution is -0.131. The number of carbonyl (C=O) groups is 1. The molecule has 0 amide bonds. The van der Waals surface area contributed by atoms with E-state index in [2.05, 4.69) is 16.8 Å². The number of carboxylic acids is 1. The number of ether oxygens (including phenoxy) is 1. The molecule has 1 N–H and O–H groups in total. The number of anilines is 1. The van der Waals surface area contributed by atoms with Gasteiger partial charge in [-0.15, -0.1) is 0 Å². The van der Waals surface area contributed by atoms with E-state index >= 15 is 0 Å². The molecule has 1 aliphatic heterocycles. The number of rotatable bonds is 6. The lowest BCUT2D eigenvalue weighted by atomic mass is 10.2. The van der Waals surface area contributed by atoms with Gasteiger partial charge in [0, 0.05) is 32.0 Å². The fraction of sp³-hybridized carbons (Fsp3) is 0.467. The van der Waals surface area contributed by atoms with Gasteiger partial charge in [0.25, 0.3) is 0 Å². The van der Waals surface area contributed by atoms with E-state index in [1.54, 1.807) is 6.20 Å². The summed E-state index contributed by atoms with van der Waals surface area (Å²) in [7, 11) is 0. The Bertz CT molecular complexity index is 465. The van der Waals surface area contributed by atoms with Crippen LogP contribution in [0.4, 0.5) is 5.82 Å². The predicted octanol–water partition coefficient (Wildman–Crippen LogP) is 2.18. The van der Waals surface area contributed by atoms with Gasteiger partial charge in [0.1, 0.15) is 5.82 Å². The van der Waals surface area contributed by atoms with Crippen LogP contribution in [0.15, 0.2) is 24.4 Å². The number of hydrogen-bond donors (Lipinski definition) is 1. The van der Waals surface area contributed by atoms with Crippen LogP contribution in [0.1, 0.15) is 25.3 Å². The fourth-order valence-corrected chi connectivity index (χ4v) is 2.27. The summed E-state index contributed by atoms with van der Waals surface area (Å²) in [5.41, 5.74) is 0.782. The Kier molecular flexibility index (Phi) is 5.12. The van der Waals surface area contributed by atoms with Crippen molar-refractivity contribution in [2.75, 3.05) is 24.6 Å². The van der Waals surface area contributed by atoms with Crippen LogP contribution in [0.25, 0.3) is 6.08 Å². The molecule has 0 aromatic carbocycles. The topological polar surface area (TPSA) is 62.7 Å². The van der Waals surface area contributed by atoms with E-state index in [9.17, 15) is 4.79 Å². The van der Waals surface area contributed by atoms with Crippen molar-refractivity contribution in [3.63, 3.8) is 0 Å². The van der Waals surface area contributed by atoms with Gasteiger partial charge >= 0.3 is 5.97 Å². The first-order chi connectivity index (χ1) is 9.69. The van der Waals surface area contributed by atoms with Crippen molar-refractivity contribution in [1.82, 2.24) is 4.98 Å². The highest BCUT2D eigenvalue weighted by molar-refractivity contribution is 5.85. The van der Waals surface area contributed by atoms with Gasteiger partial charge in [-0.25, -0.2) is 9.78 Å². The summed E-state index contributed by atoms with van der Waals surface area (Å²) in [5.74, 6) is -0.0573. The van der Waals surface area contributed by atoms with Crippen LogP contribution in [-0.4, -0.2) is 41.9 Å². The van der Waals surface area contributed by atoms with Gasteiger partial charge in [0.05, 0.1) is 6.10 Å². The van der Waals surface area contributed by atoms with Crippen molar-refractivity contribution in [2.24, 2.45) is 0 Å². The van der Waals surface area contributed by atoms with Crippen LogP contribution >= 0.6 is 0 Å². The first-order valence-electron chi connectivity index (χ1n) is 6.92. The molecule has 1 aliphatic rings. The summed E-state index contributed by atoms with van der Waals surface area (Å²) in [6.45, 7) is 4.68. The average Bonchev–Trinajstić information content (AvgIpc) is 2.96. The predicted molar refractivity (Wildman–Crippen MR) is 77.8 cm³/mol. The van der Waals surface area contributed by atoms with Gasteiger partial charge in [-0.2, -0.15) is 0 Å². The molecule has 5 nitrogen and oxygen atoms in total. The first-order valence-corrected chi connectivity index (χ1v) is 6.92. The molecule has 0 spiro atoms. The molecule has 0 aliphatic carbocycles. The van der Waals surface area contributed by atoms with Crippen molar-refractivity contribution >= 4 is 17.9 Å². The highest BCUT2D eigenvalue weighted by Gasteiger charge is 2.19. The summed E-state index contributed by atoms with van der Waals surface area (Å²) in [5, 5.41) is 8.59. The van der Waals surface area contributed by atoms with Crippen molar-refractivity contribution in [3.8, 4) is 0 Å². The molecule has 0 saturated carbocycles. The van der Waals surface area contributed by atoms with Crippen molar-refractivity contribution in [1.29, 1.82) is 0 Å². The molecule has 2 rings (SSSR count). The molecule has 20 heavy (non-hydrogen) atoms. The molecule has 0 radical (unpaired) electrons. The number of aliphatic carboxylic acids is 1. The third-order valence-corrected chi connectivity index (χ3v) is 3.34. The van der Waals surface area contributed by atoms with Crippen LogP contribution in [-0.2, 0) is 9.53 Å². The van der Waals surface area contributed by atoms with E-state index in [1.165, 1.54) is 6.08 Å². The fourth-order valence-electron chi connectivity index (χ4n) is 2.27. The molecular weight excluding hydrogens is 256 g/mol. The van der Waals surface area contributed by atoms with Crippen molar-refractivity contribution in [3.05, 3.63) is 30.0 Å². The zero-order chi connectivity index (χ0) is 14.4. The van der Waals surface area contributed by atoms with Crippen LogP contribution in [0, 0.1) is 0 Å². The number of nitrogens with zero attached hydrogens (tertiary/aromatic N) is 2. The van der Waals surface area contributed by atoms with Crippen LogP contribution < -0.4 is 4.90 Å². The van der Waals surface area contributed by atoms with Crippen LogP contribution in [0.5, 0.6) is 0 Å². The van der Waals surface area contributed by atoms with Crippen molar-refractivity contribution in [2.45, 2.75) is 25.9 Å².